The molecule has 0 bridgehead atoms. The van der Waals surface area contributed by atoms with E-state index in [1.165, 1.54) is 16.7 Å². The molecule has 140 valence electrons. The molecule has 1 N–H and O–H groups in total. The van der Waals surface area contributed by atoms with Crippen LogP contribution in [0.2, 0.25) is 0 Å². The van der Waals surface area contributed by atoms with E-state index in [1.54, 1.807) is 0 Å². The Morgan fingerprint density at radius 1 is 0.893 bits per heavy atom. The molecule has 0 saturated heterocycles. The van der Waals surface area contributed by atoms with Crippen LogP contribution in [0.15, 0.2) is 96.1 Å². The van der Waals surface area contributed by atoms with Crippen LogP contribution < -0.4 is 5.43 Å². The second-order valence-corrected chi connectivity index (χ2v) is 7.45. The Morgan fingerprint density at radius 3 is 1.93 bits per heavy atom. The van der Waals surface area contributed by atoms with Crippen LogP contribution in [0.1, 0.15) is 30.0 Å². The molecular formula is C25H24N2O. The van der Waals surface area contributed by atoms with Crippen molar-refractivity contribution in [3.8, 4) is 0 Å². The van der Waals surface area contributed by atoms with Gasteiger partial charge in [0.15, 0.2) is 0 Å². The predicted octanol–water partition coefficient (Wildman–Crippen LogP) is 4.73. The number of hydrogen-bond acceptors (Lipinski definition) is 2. The highest BCUT2D eigenvalue weighted by Crippen LogP contribution is 2.58. The lowest BCUT2D eigenvalue weighted by Crippen LogP contribution is -2.26. The molecule has 0 radical (unpaired) electrons. The van der Waals surface area contributed by atoms with E-state index in [4.69, 9.17) is 0 Å². The van der Waals surface area contributed by atoms with Crippen LogP contribution in [0.3, 0.4) is 0 Å². The lowest BCUT2D eigenvalue weighted by atomic mass is 9.85. The van der Waals surface area contributed by atoms with Crippen LogP contribution in [0.5, 0.6) is 0 Å². The third-order valence-electron chi connectivity index (χ3n) is 5.51. The fraction of sp³-hybridized carbons (Fsp3) is 0.200. The molecule has 0 aromatic heterocycles. The molecule has 4 rings (SSSR count). The molecular weight excluding hydrogens is 344 g/mol. The third kappa shape index (κ3) is 3.61. The Morgan fingerprint density at radius 2 is 1.39 bits per heavy atom. The number of carbonyl (C=O) groups excluding carboxylic acids is 1. The molecule has 3 nitrogen and oxygen atoms in total. The van der Waals surface area contributed by atoms with E-state index in [2.05, 4.69) is 46.9 Å². The number of nitrogens with one attached hydrogen (secondary N) is 1. The minimum atomic E-state index is -0.255. The summed E-state index contributed by atoms with van der Waals surface area (Å²) in [5.41, 5.74) is 7.01. The highest BCUT2D eigenvalue weighted by atomic mass is 16.2. The Balaban J connectivity index is 1.51. The van der Waals surface area contributed by atoms with Crippen molar-refractivity contribution in [3.05, 3.63) is 108 Å². The van der Waals surface area contributed by atoms with Crippen molar-refractivity contribution in [1.29, 1.82) is 0 Å². The van der Waals surface area contributed by atoms with Crippen molar-refractivity contribution in [2.24, 2.45) is 11.0 Å². The summed E-state index contributed by atoms with van der Waals surface area (Å²) < 4.78 is 0. The average molecular weight is 368 g/mol. The lowest BCUT2D eigenvalue weighted by Gasteiger charge is -2.18. The number of benzene rings is 3. The standard InChI is InChI=1S/C25H24N2O/c1-19(17-20-11-5-2-6-12-20)26-27-24(28)23-18-25(23,21-13-7-3-8-14-21)22-15-9-4-10-16-22/h2-16,23H,17-18H2,1H3,(H,27,28). The molecule has 1 saturated carbocycles. The van der Waals surface area contributed by atoms with Gasteiger partial charge in [-0.3, -0.25) is 4.79 Å². The monoisotopic (exact) mass is 368 g/mol. The van der Waals surface area contributed by atoms with Crippen molar-refractivity contribution in [2.45, 2.75) is 25.2 Å². The molecule has 1 aliphatic rings. The van der Waals surface area contributed by atoms with Crippen molar-refractivity contribution in [1.82, 2.24) is 5.43 Å². The quantitative estimate of drug-likeness (QED) is 0.496. The van der Waals surface area contributed by atoms with Crippen molar-refractivity contribution >= 4 is 11.6 Å². The summed E-state index contributed by atoms with van der Waals surface area (Å²) in [5, 5.41) is 4.35. The van der Waals surface area contributed by atoms with E-state index in [0.29, 0.717) is 0 Å². The lowest BCUT2D eigenvalue weighted by molar-refractivity contribution is -0.122. The summed E-state index contributed by atoms with van der Waals surface area (Å²) in [5.74, 6) is -0.120. The molecule has 0 spiro atoms. The summed E-state index contributed by atoms with van der Waals surface area (Å²) in [6, 6.07) is 30.8. The second kappa shape index (κ2) is 7.81. The molecule has 3 heteroatoms. The van der Waals surface area contributed by atoms with Crippen molar-refractivity contribution in [3.63, 3.8) is 0 Å². The first-order chi connectivity index (χ1) is 13.7. The molecule has 0 heterocycles. The molecule has 0 aliphatic heterocycles. The van der Waals surface area contributed by atoms with Gasteiger partial charge in [0.1, 0.15) is 0 Å². The fourth-order valence-electron chi connectivity index (χ4n) is 4.01. The van der Waals surface area contributed by atoms with E-state index in [1.807, 2.05) is 61.5 Å². The molecule has 1 fully saturated rings. The summed E-state index contributed by atoms with van der Waals surface area (Å²) in [6.45, 7) is 1.95. The molecule has 1 atom stereocenters. The van der Waals surface area contributed by atoms with Crippen LogP contribution in [-0.2, 0) is 16.6 Å². The van der Waals surface area contributed by atoms with Gasteiger partial charge < -0.3 is 0 Å². The number of amides is 1. The van der Waals surface area contributed by atoms with Gasteiger partial charge in [-0.15, -0.1) is 0 Å². The van der Waals surface area contributed by atoms with Gasteiger partial charge in [0.25, 0.3) is 0 Å². The molecule has 3 aromatic rings. The maximum atomic E-state index is 12.9. The Labute approximate surface area is 166 Å². The summed E-state index contributed by atoms with van der Waals surface area (Å²) in [7, 11) is 0. The SMILES string of the molecule is CC(Cc1ccccc1)=NNC(=O)C1CC1(c1ccccc1)c1ccccc1. The molecule has 1 unspecified atom stereocenters. The smallest absolute Gasteiger partial charge is 0.244 e. The largest absolute Gasteiger partial charge is 0.273 e. The van der Waals surface area contributed by atoms with Gasteiger partial charge >= 0.3 is 0 Å². The first kappa shape index (κ1) is 18.2. The van der Waals surface area contributed by atoms with E-state index < -0.39 is 0 Å². The van der Waals surface area contributed by atoms with Crippen molar-refractivity contribution < 1.29 is 4.79 Å². The van der Waals surface area contributed by atoms with Crippen LogP contribution >= 0.6 is 0 Å². The molecule has 28 heavy (non-hydrogen) atoms. The van der Waals surface area contributed by atoms with E-state index in [0.717, 1.165) is 18.6 Å². The van der Waals surface area contributed by atoms with Gasteiger partial charge in [-0.2, -0.15) is 5.10 Å². The normalized spacial score (nSPS) is 17.8. The summed E-state index contributed by atoms with van der Waals surface area (Å²) >= 11 is 0. The van der Waals surface area contributed by atoms with E-state index >= 15 is 0 Å². The summed E-state index contributed by atoms with van der Waals surface area (Å²) in [4.78, 5) is 12.9. The molecule has 3 aromatic carbocycles. The van der Waals surface area contributed by atoms with Crippen molar-refractivity contribution in [2.75, 3.05) is 0 Å². The first-order valence-corrected chi connectivity index (χ1v) is 9.68. The first-order valence-electron chi connectivity index (χ1n) is 9.68. The number of carbonyl (C=O) groups is 1. The highest BCUT2D eigenvalue weighted by Gasteiger charge is 2.60. The maximum Gasteiger partial charge on any atom is 0.244 e. The number of hydrazone groups is 1. The molecule has 1 aliphatic carbocycles. The van der Waals surface area contributed by atoms with Gasteiger partial charge in [0, 0.05) is 17.5 Å². The fourth-order valence-corrected chi connectivity index (χ4v) is 4.01. The van der Waals surface area contributed by atoms with E-state index in [9.17, 15) is 4.79 Å². The van der Waals surface area contributed by atoms with Gasteiger partial charge in [-0.1, -0.05) is 91.0 Å². The zero-order valence-corrected chi connectivity index (χ0v) is 16.0. The minimum Gasteiger partial charge on any atom is -0.273 e. The minimum absolute atomic E-state index is 0.0138. The highest BCUT2D eigenvalue weighted by molar-refractivity contribution is 5.89. The number of hydrogen-bond donors (Lipinski definition) is 1. The Hall–Kier alpha value is -3.20. The predicted molar refractivity (Wildman–Crippen MR) is 113 cm³/mol. The average Bonchev–Trinajstić information content (AvgIpc) is 3.51. The van der Waals surface area contributed by atoms with Crippen LogP contribution in [-0.4, -0.2) is 11.6 Å². The van der Waals surface area contributed by atoms with Gasteiger partial charge in [0.05, 0.1) is 5.92 Å². The van der Waals surface area contributed by atoms with Gasteiger partial charge in [-0.25, -0.2) is 5.43 Å². The van der Waals surface area contributed by atoms with Crippen LogP contribution in [0.4, 0.5) is 0 Å². The Bertz CT molecular complexity index is 926. The van der Waals surface area contributed by atoms with Gasteiger partial charge in [0.2, 0.25) is 5.91 Å². The Kier molecular flexibility index (Phi) is 5.07. The zero-order chi connectivity index (χ0) is 19.4. The summed E-state index contributed by atoms with van der Waals surface area (Å²) in [6.07, 6.45) is 1.54. The maximum absolute atomic E-state index is 12.9. The third-order valence-corrected chi connectivity index (χ3v) is 5.51. The second-order valence-electron chi connectivity index (χ2n) is 7.45. The van der Waals surface area contributed by atoms with Gasteiger partial charge in [-0.05, 0) is 30.0 Å². The zero-order valence-electron chi connectivity index (χ0n) is 16.0. The topological polar surface area (TPSA) is 41.5 Å². The number of nitrogens with zero attached hydrogens (tertiary/aromatic N) is 1. The van der Waals surface area contributed by atoms with Crippen LogP contribution in [0.25, 0.3) is 0 Å². The molecule has 1 amide bonds. The van der Waals surface area contributed by atoms with E-state index in [-0.39, 0.29) is 17.2 Å². The van der Waals surface area contributed by atoms with Crippen LogP contribution in [0, 0.1) is 5.92 Å². The number of rotatable bonds is 6.